The normalized spacial score (nSPS) is 27.1. The van der Waals surface area contributed by atoms with Gasteiger partial charge in [0, 0.05) is 5.92 Å². The van der Waals surface area contributed by atoms with Gasteiger partial charge in [0.05, 0.1) is 47.8 Å². The van der Waals surface area contributed by atoms with Crippen LogP contribution in [0.5, 0.6) is 34.5 Å². The van der Waals surface area contributed by atoms with E-state index >= 15 is 0 Å². The molecule has 2 aliphatic heterocycles. The standard InChI is InChI=1S/C22H26O9/c1-26-14-5-11(6-15(27-2)18(14)23)20-13-9-30-21(22(13,25)10-31-20)12-7-16(28-3)19(24)17(8-12)29-4/h5-8,13,20-21,23-25H,9-10H2,1-4H3/t13-,20?,21?,22+/m0/s1. The number of rotatable bonds is 6. The lowest BCUT2D eigenvalue weighted by molar-refractivity contribution is -0.0629. The van der Waals surface area contributed by atoms with Crippen molar-refractivity contribution >= 4 is 0 Å². The van der Waals surface area contributed by atoms with Gasteiger partial charge in [0.1, 0.15) is 11.7 Å². The van der Waals surface area contributed by atoms with Gasteiger partial charge in [-0.1, -0.05) is 0 Å². The average molecular weight is 434 g/mol. The SMILES string of the molecule is COc1cc(C2OC[C@]3(O)C(c4cc(OC)c(O)c(OC)c4)OC[C@@H]23)cc(OC)c1O. The van der Waals surface area contributed by atoms with Crippen LogP contribution in [0.15, 0.2) is 24.3 Å². The fourth-order valence-electron chi connectivity index (χ4n) is 4.41. The Morgan fingerprint density at radius 1 is 0.774 bits per heavy atom. The van der Waals surface area contributed by atoms with Crippen molar-refractivity contribution in [3.8, 4) is 34.5 Å². The molecule has 0 aromatic heterocycles. The molecule has 31 heavy (non-hydrogen) atoms. The van der Waals surface area contributed by atoms with Crippen LogP contribution in [0.3, 0.4) is 0 Å². The summed E-state index contributed by atoms with van der Waals surface area (Å²) >= 11 is 0. The van der Waals surface area contributed by atoms with E-state index in [1.54, 1.807) is 24.3 Å². The molecule has 0 saturated carbocycles. The lowest BCUT2D eigenvalue weighted by Crippen LogP contribution is -2.39. The molecule has 4 rings (SSSR count). The van der Waals surface area contributed by atoms with Crippen LogP contribution in [0, 0.1) is 5.92 Å². The first-order valence-electron chi connectivity index (χ1n) is 9.73. The Kier molecular flexibility index (Phi) is 5.50. The molecule has 9 heteroatoms. The smallest absolute Gasteiger partial charge is 0.200 e. The lowest BCUT2D eigenvalue weighted by atomic mass is 9.80. The van der Waals surface area contributed by atoms with E-state index in [1.165, 1.54) is 28.4 Å². The van der Waals surface area contributed by atoms with Crippen LogP contribution in [0.1, 0.15) is 23.3 Å². The summed E-state index contributed by atoms with van der Waals surface area (Å²) in [4.78, 5) is 0. The van der Waals surface area contributed by atoms with E-state index in [4.69, 9.17) is 28.4 Å². The molecule has 3 N–H and O–H groups in total. The van der Waals surface area contributed by atoms with E-state index in [9.17, 15) is 15.3 Å². The van der Waals surface area contributed by atoms with E-state index in [0.29, 0.717) is 11.1 Å². The molecule has 2 aromatic carbocycles. The van der Waals surface area contributed by atoms with Gasteiger partial charge < -0.3 is 43.7 Å². The highest BCUT2D eigenvalue weighted by atomic mass is 16.6. The molecule has 2 heterocycles. The van der Waals surface area contributed by atoms with E-state index in [2.05, 4.69) is 0 Å². The van der Waals surface area contributed by atoms with Crippen molar-refractivity contribution in [2.45, 2.75) is 17.8 Å². The van der Waals surface area contributed by atoms with Gasteiger partial charge in [-0.2, -0.15) is 0 Å². The Morgan fingerprint density at radius 2 is 1.23 bits per heavy atom. The molecular formula is C22H26O9. The first kappa shape index (κ1) is 21.4. The van der Waals surface area contributed by atoms with Crippen LogP contribution in [-0.2, 0) is 9.47 Å². The summed E-state index contributed by atoms with van der Waals surface area (Å²) in [5.41, 5.74) is -0.0325. The number of methoxy groups -OCH3 is 4. The fraction of sp³-hybridized carbons (Fsp3) is 0.455. The third-order valence-electron chi connectivity index (χ3n) is 6.03. The maximum Gasteiger partial charge on any atom is 0.200 e. The van der Waals surface area contributed by atoms with Gasteiger partial charge in [-0.3, -0.25) is 0 Å². The van der Waals surface area contributed by atoms with Crippen molar-refractivity contribution in [2.75, 3.05) is 41.7 Å². The molecule has 2 fully saturated rings. The van der Waals surface area contributed by atoms with E-state index in [1.807, 2.05) is 0 Å². The number of ether oxygens (including phenoxy) is 6. The number of aliphatic hydroxyl groups is 1. The lowest BCUT2D eigenvalue weighted by Gasteiger charge is -2.28. The Balaban J connectivity index is 1.69. The molecular weight excluding hydrogens is 408 g/mol. The van der Waals surface area contributed by atoms with Crippen LogP contribution in [0.25, 0.3) is 0 Å². The molecule has 0 amide bonds. The Hall–Kier alpha value is -2.88. The first-order valence-corrected chi connectivity index (χ1v) is 9.73. The molecule has 2 aliphatic rings. The third kappa shape index (κ3) is 3.29. The predicted molar refractivity (Wildman–Crippen MR) is 108 cm³/mol. The summed E-state index contributed by atoms with van der Waals surface area (Å²) in [7, 11) is 5.77. The molecule has 2 saturated heterocycles. The number of aromatic hydroxyl groups is 2. The van der Waals surface area contributed by atoms with Crippen LogP contribution in [0.2, 0.25) is 0 Å². The minimum atomic E-state index is -1.32. The number of benzene rings is 2. The number of phenols is 2. The predicted octanol–water partition coefficient (Wildman–Crippen LogP) is 2.32. The number of hydrogen-bond acceptors (Lipinski definition) is 9. The summed E-state index contributed by atoms with van der Waals surface area (Å²) in [5.74, 6) is 0.308. The number of fused-ring (bicyclic) bond motifs is 1. The Morgan fingerprint density at radius 3 is 1.68 bits per heavy atom. The van der Waals surface area contributed by atoms with E-state index < -0.39 is 17.8 Å². The zero-order chi connectivity index (χ0) is 22.3. The summed E-state index contributed by atoms with van der Waals surface area (Å²) in [5, 5.41) is 32.0. The maximum atomic E-state index is 11.6. The third-order valence-corrected chi connectivity index (χ3v) is 6.03. The zero-order valence-electron chi connectivity index (χ0n) is 17.7. The van der Waals surface area contributed by atoms with Crippen LogP contribution in [0.4, 0.5) is 0 Å². The molecule has 0 spiro atoms. The van der Waals surface area contributed by atoms with Gasteiger partial charge in [-0.05, 0) is 35.4 Å². The highest BCUT2D eigenvalue weighted by molar-refractivity contribution is 5.55. The Labute approximate surface area is 179 Å². The molecule has 2 unspecified atom stereocenters. The van der Waals surface area contributed by atoms with Gasteiger partial charge in [0.15, 0.2) is 23.0 Å². The molecule has 0 aliphatic carbocycles. The second-order valence-corrected chi connectivity index (χ2v) is 7.59. The molecule has 2 aromatic rings. The summed E-state index contributed by atoms with van der Waals surface area (Å²) in [6.45, 7) is 0.271. The topological polar surface area (TPSA) is 116 Å². The highest BCUT2D eigenvalue weighted by Gasteiger charge is 2.59. The van der Waals surface area contributed by atoms with Gasteiger partial charge in [-0.15, -0.1) is 0 Å². The molecule has 9 nitrogen and oxygen atoms in total. The fourth-order valence-corrected chi connectivity index (χ4v) is 4.41. The minimum absolute atomic E-state index is 0.0318. The first-order chi connectivity index (χ1) is 14.9. The van der Waals surface area contributed by atoms with Crippen molar-refractivity contribution in [1.29, 1.82) is 0 Å². The van der Waals surface area contributed by atoms with Crippen LogP contribution < -0.4 is 18.9 Å². The van der Waals surface area contributed by atoms with Crippen molar-refractivity contribution in [3.63, 3.8) is 0 Å². The zero-order valence-corrected chi connectivity index (χ0v) is 17.7. The summed E-state index contributed by atoms with van der Waals surface area (Å²) in [6, 6.07) is 6.55. The van der Waals surface area contributed by atoms with Crippen molar-refractivity contribution in [2.24, 2.45) is 5.92 Å². The minimum Gasteiger partial charge on any atom is -0.502 e. The summed E-state index contributed by atoms with van der Waals surface area (Å²) < 4.78 is 33.0. The van der Waals surface area contributed by atoms with E-state index in [0.717, 1.165) is 0 Å². The van der Waals surface area contributed by atoms with E-state index in [-0.39, 0.29) is 53.6 Å². The van der Waals surface area contributed by atoms with Crippen molar-refractivity contribution in [3.05, 3.63) is 35.4 Å². The van der Waals surface area contributed by atoms with Crippen LogP contribution in [-0.4, -0.2) is 62.6 Å². The van der Waals surface area contributed by atoms with Gasteiger partial charge in [0.2, 0.25) is 11.5 Å². The highest BCUT2D eigenvalue weighted by Crippen LogP contribution is 2.55. The van der Waals surface area contributed by atoms with Gasteiger partial charge in [0.25, 0.3) is 0 Å². The molecule has 0 bridgehead atoms. The monoisotopic (exact) mass is 434 g/mol. The largest absolute Gasteiger partial charge is 0.502 e. The second-order valence-electron chi connectivity index (χ2n) is 7.59. The Bertz CT molecular complexity index is 925. The number of phenolic OH excluding ortho intramolecular Hbond substituents is 2. The quantitative estimate of drug-likeness (QED) is 0.630. The van der Waals surface area contributed by atoms with Crippen LogP contribution >= 0.6 is 0 Å². The average Bonchev–Trinajstić information content (AvgIpc) is 3.28. The van der Waals surface area contributed by atoms with Crippen molar-refractivity contribution < 1.29 is 43.7 Å². The van der Waals surface area contributed by atoms with Gasteiger partial charge >= 0.3 is 0 Å². The second kappa shape index (κ2) is 7.99. The maximum absolute atomic E-state index is 11.6. The van der Waals surface area contributed by atoms with Crippen molar-refractivity contribution in [1.82, 2.24) is 0 Å². The molecule has 4 atom stereocenters. The molecule has 168 valence electrons. The molecule has 0 radical (unpaired) electrons. The number of hydrogen-bond donors (Lipinski definition) is 3. The summed E-state index contributed by atoms with van der Waals surface area (Å²) in [6.07, 6.45) is -1.22. The van der Waals surface area contributed by atoms with Gasteiger partial charge in [-0.25, -0.2) is 0 Å².